The van der Waals surface area contributed by atoms with Gasteiger partial charge in [-0.05, 0) is 39.8 Å². The second-order valence-electron chi connectivity index (χ2n) is 5.31. The molecule has 0 unspecified atom stereocenters. The van der Waals surface area contributed by atoms with Crippen LogP contribution in [0.25, 0.3) is 11.8 Å². The highest BCUT2D eigenvalue weighted by molar-refractivity contribution is 6.30. The fourth-order valence-corrected chi connectivity index (χ4v) is 2.42. The van der Waals surface area contributed by atoms with Crippen LogP contribution in [-0.4, -0.2) is 16.0 Å². The predicted octanol–water partition coefficient (Wildman–Crippen LogP) is 2.84. The highest BCUT2D eigenvalue weighted by atomic mass is 35.5. The van der Waals surface area contributed by atoms with E-state index in [1.54, 1.807) is 0 Å². The molecule has 0 aliphatic rings. The van der Waals surface area contributed by atoms with Crippen molar-refractivity contribution < 1.29 is 23.3 Å². The van der Waals surface area contributed by atoms with Crippen molar-refractivity contribution in [2.24, 2.45) is 0 Å². The van der Waals surface area contributed by atoms with Gasteiger partial charge in [-0.2, -0.15) is 0 Å². The third-order valence-corrected chi connectivity index (χ3v) is 3.86. The number of rotatable bonds is 5. The van der Waals surface area contributed by atoms with Crippen LogP contribution in [-0.2, 0) is 0 Å². The maximum absolute atomic E-state index is 13.3. The van der Waals surface area contributed by atoms with Gasteiger partial charge >= 0.3 is 11.3 Å². The number of nitro groups is 1. The topological polar surface area (TPSA) is 110 Å². The Hall–Kier alpha value is -3.59. The Balaban J connectivity index is 1.91. The number of non-ortho nitro benzene ring substituents is 1. The summed E-state index contributed by atoms with van der Waals surface area (Å²) in [6, 6.07) is 9.09. The Morgan fingerprint density at radius 1 is 1.26 bits per heavy atom. The summed E-state index contributed by atoms with van der Waals surface area (Å²) in [6.07, 6.45) is 2.50. The molecular weight excluding hydrogens is 381 g/mol. The van der Waals surface area contributed by atoms with E-state index in [0.29, 0.717) is 5.56 Å². The number of carbonyl (C=O) groups is 1. The smallest absolute Gasteiger partial charge is 0.282 e. The van der Waals surface area contributed by atoms with Crippen LogP contribution in [0.5, 0.6) is 0 Å². The molecule has 0 saturated heterocycles. The molecule has 0 spiro atoms. The van der Waals surface area contributed by atoms with Crippen molar-refractivity contribution in [2.45, 2.75) is 0 Å². The normalized spacial score (nSPS) is 11.0. The van der Waals surface area contributed by atoms with Crippen molar-refractivity contribution in [1.82, 2.24) is 5.27 Å². The Kier molecular flexibility index (Phi) is 4.95. The maximum Gasteiger partial charge on any atom is 0.439 e. The highest BCUT2D eigenvalue weighted by Gasteiger charge is 2.29. The molecule has 2 aromatic carbocycles. The summed E-state index contributed by atoms with van der Waals surface area (Å²) in [5.41, 5.74) is -0.620. The number of hydrogen-bond acceptors (Lipinski definition) is 5. The van der Waals surface area contributed by atoms with Crippen molar-refractivity contribution >= 4 is 29.1 Å². The summed E-state index contributed by atoms with van der Waals surface area (Å²) >= 11 is 5.72. The number of aromatic nitrogens is 2. The van der Waals surface area contributed by atoms with Crippen molar-refractivity contribution in [3.8, 4) is 5.69 Å². The molecule has 27 heavy (non-hydrogen) atoms. The first-order valence-corrected chi connectivity index (χ1v) is 7.80. The van der Waals surface area contributed by atoms with Crippen molar-refractivity contribution in [1.29, 1.82) is 0 Å². The van der Waals surface area contributed by atoms with Crippen LogP contribution in [0, 0.1) is 15.9 Å². The summed E-state index contributed by atoms with van der Waals surface area (Å²) in [5.74, 6) is -1.35. The molecule has 0 aliphatic carbocycles. The number of aromatic amines is 1. The first-order valence-electron chi connectivity index (χ1n) is 7.42. The largest absolute Gasteiger partial charge is 0.439 e. The minimum Gasteiger partial charge on any atom is -0.282 e. The van der Waals surface area contributed by atoms with Gasteiger partial charge in [0.25, 0.3) is 11.5 Å². The molecule has 3 aromatic rings. The van der Waals surface area contributed by atoms with E-state index < -0.39 is 22.1 Å². The summed E-state index contributed by atoms with van der Waals surface area (Å²) in [5, 5.41) is 12.7. The number of carbonyl (C=O) groups excluding carboxylic acids is 1. The molecule has 0 radical (unpaired) electrons. The number of ketones is 1. The lowest BCUT2D eigenvalue weighted by atomic mass is 10.1. The second-order valence-corrected chi connectivity index (χ2v) is 5.72. The molecule has 0 saturated carbocycles. The van der Waals surface area contributed by atoms with E-state index in [1.165, 1.54) is 42.5 Å². The number of nitro benzene ring substituents is 1. The SMILES string of the molecule is O=C(/C=C/c1ccc([N+](=O)[O-])cc1)c1c(=O)o[nH][n+]1-c1ccc(F)c(Cl)c1. The third kappa shape index (κ3) is 3.82. The Labute approximate surface area is 155 Å². The van der Waals surface area contributed by atoms with Gasteiger partial charge in [-0.1, -0.05) is 17.7 Å². The van der Waals surface area contributed by atoms with Gasteiger partial charge in [0.1, 0.15) is 5.82 Å². The number of hydrogen-bond donors (Lipinski definition) is 1. The van der Waals surface area contributed by atoms with E-state index in [1.807, 2.05) is 0 Å². The zero-order chi connectivity index (χ0) is 19.6. The molecule has 10 heteroatoms. The van der Waals surface area contributed by atoms with E-state index in [-0.39, 0.29) is 22.1 Å². The van der Waals surface area contributed by atoms with E-state index in [0.717, 1.165) is 16.8 Å². The minimum atomic E-state index is -0.922. The molecular formula is C17H10ClFN3O5+. The van der Waals surface area contributed by atoms with Gasteiger partial charge < -0.3 is 0 Å². The molecule has 1 N–H and O–H groups in total. The lowest BCUT2D eigenvalue weighted by molar-refractivity contribution is -0.672. The first-order chi connectivity index (χ1) is 12.9. The van der Waals surface area contributed by atoms with Crippen LogP contribution < -0.4 is 10.3 Å². The standard InChI is InChI=1S/C17H9ClFN3O5/c18-13-9-12(6-7-14(13)19)21-16(17(24)27-20-21)15(23)8-3-10-1-4-11(5-2-10)22(25)26/h1-9H/p+1/b8-3+. The molecule has 1 aromatic heterocycles. The molecule has 0 amide bonds. The van der Waals surface area contributed by atoms with Crippen molar-refractivity contribution in [2.75, 3.05) is 0 Å². The molecule has 3 rings (SSSR count). The average Bonchev–Trinajstić information content (AvgIpc) is 3.04. The molecule has 0 aliphatic heterocycles. The van der Waals surface area contributed by atoms with Gasteiger partial charge in [0.2, 0.25) is 5.69 Å². The molecule has 0 atom stereocenters. The fraction of sp³-hybridized carbons (Fsp3) is 0. The third-order valence-electron chi connectivity index (χ3n) is 3.57. The highest BCUT2D eigenvalue weighted by Crippen LogP contribution is 2.16. The van der Waals surface area contributed by atoms with Gasteiger partial charge in [0.15, 0.2) is 0 Å². The maximum atomic E-state index is 13.3. The molecule has 1 heterocycles. The number of allylic oxidation sites excluding steroid dienone is 1. The van der Waals surface area contributed by atoms with Gasteiger partial charge in [0, 0.05) is 24.3 Å². The van der Waals surface area contributed by atoms with Crippen molar-refractivity contribution in [3.05, 3.63) is 91.2 Å². The zero-order valence-electron chi connectivity index (χ0n) is 13.4. The van der Waals surface area contributed by atoms with Crippen LogP contribution in [0.1, 0.15) is 16.1 Å². The number of H-pyrrole nitrogens is 1. The predicted molar refractivity (Wildman–Crippen MR) is 92.3 cm³/mol. The van der Waals surface area contributed by atoms with Crippen LogP contribution >= 0.6 is 11.6 Å². The van der Waals surface area contributed by atoms with Gasteiger partial charge in [0.05, 0.1) is 9.95 Å². The number of nitrogens with zero attached hydrogens (tertiary/aromatic N) is 2. The van der Waals surface area contributed by atoms with Gasteiger partial charge in [-0.25, -0.2) is 9.18 Å². The lowest BCUT2D eigenvalue weighted by Gasteiger charge is -1.95. The molecule has 0 fully saturated rings. The Bertz CT molecular complexity index is 1120. The van der Waals surface area contributed by atoms with Gasteiger partial charge in [-0.15, -0.1) is 0 Å². The number of benzene rings is 2. The quantitative estimate of drug-likeness (QED) is 0.237. The van der Waals surface area contributed by atoms with Gasteiger partial charge in [-0.3, -0.25) is 19.4 Å². The molecule has 0 bridgehead atoms. The number of halogens is 2. The van der Waals surface area contributed by atoms with E-state index in [4.69, 9.17) is 11.6 Å². The summed E-state index contributed by atoms with van der Waals surface area (Å²) in [7, 11) is 0. The monoisotopic (exact) mass is 390 g/mol. The summed E-state index contributed by atoms with van der Waals surface area (Å²) < 4.78 is 19.0. The molecule has 8 nitrogen and oxygen atoms in total. The summed E-state index contributed by atoms with van der Waals surface area (Å²) in [4.78, 5) is 34.4. The van der Waals surface area contributed by atoms with E-state index >= 15 is 0 Å². The second kappa shape index (κ2) is 7.34. The van der Waals surface area contributed by atoms with Crippen LogP contribution in [0.2, 0.25) is 5.02 Å². The Morgan fingerprint density at radius 2 is 1.96 bits per heavy atom. The van der Waals surface area contributed by atoms with E-state index in [2.05, 4.69) is 9.79 Å². The first kappa shape index (κ1) is 18.2. The number of nitrogens with one attached hydrogen (secondary N) is 1. The summed E-state index contributed by atoms with van der Waals surface area (Å²) in [6.45, 7) is 0. The zero-order valence-corrected chi connectivity index (χ0v) is 14.1. The van der Waals surface area contributed by atoms with Crippen LogP contribution in [0.3, 0.4) is 0 Å². The average molecular weight is 391 g/mol. The van der Waals surface area contributed by atoms with Crippen LogP contribution in [0.4, 0.5) is 10.1 Å². The fourth-order valence-electron chi connectivity index (χ4n) is 2.25. The molecule has 136 valence electrons. The van der Waals surface area contributed by atoms with E-state index in [9.17, 15) is 24.1 Å². The van der Waals surface area contributed by atoms with Crippen molar-refractivity contribution in [3.63, 3.8) is 0 Å². The Morgan fingerprint density at radius 3 is 2.59 bits per heavy atom. The van der Waals surface area contributed by atoms with Crippen LogP contribution in [0.15, 0.2) is 57.9 Å². The minimum absolute atomic E-state index is 0.0872. The lowest BCUT2D eigenvalue weighted by Crippen LogP contribution is -2.40.